The van der Waals surface area contributed by atoms with Gasteiger partial charge in [0.2, 0.25) is 0 Å². The molecule has 0 aliphatic heterocycles. The van der Waals surface area contributed by atoms with Crippen LogP contribution in [0.2, 0.25) is 0 Å². The standard InChI is InChI=1S/C21H35O/c1-8-9-10-11-12-15-22-19-14-13-17(20(2,3)4)16-18(19)21(5,6)7/h13-16H,8-12H2,1-7H3. The van der Waals surface area contributed by atoms with Crippen LogP contribution < -0.4 is 4.74 Å². The van der Waals surface area contributed by atoms with Crippen LogP contribution in [-0.2, 0) is 10.8 Å². The second kappa shape index (κ2) is 8.04. The molecule has 1 aromatic carbocycles. The van der Waals surface area contributed by atoms with Crippen LogP contribution in [0.4, 0.5) is 0 Å². The van der Waals surface area contributed by atoms with Crippen molar-refractivity contribution in [1.82, 2.24) is 0 Å². The van der Waals surface area contributed by atoms with Gasteiger partial charge in [0.05, 0.1) is 0 Å². The van der Waals surface area contributed by atoms with Gasteiger partial charge in [0.15, 0.2) is 0 Å². The van der Waals surface area contributed by atoms with Crippen LogP contribution in [0.5, 0.6) is 5.75 Å². The van der Waals surface area contributed by atoms with Crippen molar-refractivity contribution in [2.24, 2.45) is 0 Å². The number of hydrogen-bond donors (Lipinski definition) is 0. The molecule has 0 spiro atoms. The fourth-order valence-electron chi connectivity index (χ4n) is 2.49. The van der Waals surface area contributed by atoms with Gasteiger partial charge in [-0.05, 0) is 40.9 Å². The Balaban J connectivity index is 2.77. The Labute approximate surface area is 138 Å². The van der Waals surface area contributed by atoms with Crippen molar-refractivity contribution >= 4 is 0 Å². The highest BCUT2D eigenvalue weighted by molar-refractivity contribution is 5.43. The molecule has 0 fully saturated rings. The number of unbranched alkanes of at least 4 members (excludes halogenated alkanes) is 4. The van der Waals surface area contributed by atoms with Crippen LogP contribution in [0.15, 0.2) is 18.2 Å². The monoisotopic (exact) mass is 303 g/mol. The summed E-state index contributed by atoms with van der Waals surface area (Å²) >= 11 is 0. The predicted molar refractivity (Wildman–Crippen MR) is 97.5 cm³/mol. The van der Waals surface area contributed by atoms with Gasteiger partial charge in [-0.15, -0.1) is 0 Å². The minimum atomic E-state index is 0.0899. The fourth-order valence-corrected chi connectivity index (χ4v) is 2.49. The van der Waals surface area contributed by atoms with Crippen molar-refractivity contribution in [3.8, 4) is 5.75 Å². The van der Waals surface area contributed by atoms with Gasteiger partial charge < -0.3 is 4.74 Å². The summed E-state index contributed by atoms with van der Waals surface area (Å²) in [6.45, 7) is 17.8. The topological polar surface area (TPSA) is 9.23 Å². The van der Waals surface area contributed by atoms with Crippen LogP contribution in [-0.4, -0.2) is 0 Å². The first-order valence-electron chi connectivity index (χ1n) is 8.79. The minimum absolute atomic E-state index is 0.0899. The van der Waals surface area contributed by atoms with E-state index in [1.807, 2.05) is 6.61 Å². The van der Waals surface area contributed by atoms with Gasteiger partial charge in [-0.1, -0.05) is 79.9 Å². The van der Waals surface area contributed by atoms with Crippen LogP contribution in [0.1, 0.15) is 91.7 Å². The van der Waals surface area contributed by atoms with Crippen molar-refractivity contribution in [3.05, 3.63) is 35.9 Å². The van der Waals surface area contributed by atoms with Crippen molar-refractivity contribution in [3.63, 3.8) is 0 Å². The number of rotatable bonds is 7. The van der Waals surface area contributed by atoms with E-state index in [9.17, 15) is 0 Å². The SMILES string of the molecule is CCCCCC[CH]Oc1ccc(C(C)(C)C)cc1C(C)(C)C. The summed E-state index contributed by atoms with van der Waals surface area (Å²) in [7, 11) is 0. The molecule has 0 aliphatic rings. The number of benzene rings is 1. The third-order valence-corrected chi connectivity index (χ3v) is 4.04. The lowest BCUT2D eigenvalue weighted by atomic mass is 9.80. The molecule has 0 saturated heterocycles. The molecule has 0 amide bonds. The lowest BCUT2D eigenvalue weighted by molar-refractivity contribution is 0.370. The van der Waals surface area contributed by atoms with Crippen LogP contribution in [0.25, 0.3) is 0 Å². The van der Waals surface area contributed by atoms with Crippen LogP contribution in [0, 0.1) is 6.61 Å². The quantitative estimate of drug-likeness (QED) is 0.504. The number of hydrogen-bond acceptors (Lipinski definition) is 1. The molecular weight excluding hydrogens is 268 g/mol. The fraction of sp³-hybridized carbons (Fsp3) is 0.667. The molecule has 1 aromatic rings. The molecule has 125 valence electrons. The lowest BCUT2D eigenvalue weighted by Gasteiger charge is -2.27. The summed E-state index contributed by atoms with van der Waals surface area (Å²) in [6, 6.07) is 6.67. The molecule has 0 aromatic heterocycles. The van der Waals surface area contributed by atoms with Gasteiger partial charge in [-0.3, -0.25) is 0 Å². The van der Waals surface area contributed by atoms with E-state index in [1.54, 1.807) is 0 Å². The van der Waals surface area contributed by atoms with E-state index in [1.165, 1.54) is 36.8 Å². The highest BCUT2D eigenvalue weighted by Crippen LogP contribution is 2.35. The Bertz CT molecular complexity index is 446. The maximum Gasteiger partial charge on any atom is 0.135 e. The zero-order chi connectivity index (χ0) is 16.8. The van der Waals surface area contributed by atoms with Gasteiger partial charge in [-0.25, -0.2) is 0 Å². The molecular formula is C21H35O. The van der Waals surface area contributed by atoms with Crippen molar-refractivity contribution in [1.29, 1.82) is 0 Å². The smallest absolute Gasteiger partial charge is 0.135 e. The summed E-state index contributed by atoms with van der Waals surface area (Å²) in [4.78, 5) is 0. The normalized spacial score (nSPS) is 12.5. The van der Waals surface area contributed by atoms with E-state index in [0.717, 1.165) is 12.2 Å². The lowest BCUT2D eigenvalue weighted by Crippen LogP contribution is -2.17. The second-order valence-electron chi connectivity index (χ2n) is 8.34. The third-order valence-electron chi connectivity index (χ3n) is 4.04. The molecule has 1 nitrogen and oxygen atoms in total. The van der Waals surface area contributed by atoms with E-state index in [-0.39, 0.29) is 10.8 Å². The Morgan fingerprint density at radius 2 is 1.59 bits per heavy atom. The summed E-state index contributed by atoms with van der Waals surface area (Å²) in [5.74, 6) is 1.01. The molecule has 0 aliphatic carbocycles. The first-order valence-corrected chi connectivity index (χ1v) is 8.79. The van der Waals surface area contributed by atoms with E-state index >= 15 is 0 Å². The third kappa shape index (κ3) is 6.02. The highest BCUT2D eigenvalue weighted by atomic mass is 16.5. The van der Waals surface area contributed by atoms with E-state index in [2.05, 4.69) is 66.7 Å². The van der Waals surface area contributed by atoms with Gasteiger partial charge in [0.25, 0.3) is 0 Å². The largest absolute Gasteiger partial charge is 0.486 e. The maximum absolute atomic E-state index is 5.99. The van der Waals surface area contributed by atoms with Gasteiger partial charge >= 0.3 is 0 Å². The first kappa shape index (κ1) is 19.1. The van der Waals surface area contributed by atoms with Gasteiger partial charge in [-0.2, -0.15) is 0 Å². The second-order valence-corrected chi connectivity index (χ2v) is 8.34. The van der Waals surface area contributed by atoms with E-state index in [0.29, 0.717) is 0 Å². The van der Waals surface area contributed by atoms with Crippen molar-refractivity contribution < 1.29 is 4.74 Å². The molecule has 0 unspecified atom stereocenters. The minimum Gasteiger partial charge on any atom is -0.486 e. The average molecular weight is 304 g/mol. The Morgan fingerprint density at radius 3 is 2.14 bits per heavy atom. The van der Waals surface area contributed by atoms with Crippen molar-refractivity contribution in [2.45, 2.75) is 91.4 Å². The summed E-state index contributed by atoms with van der Waals surface area (Å²) in [5.41, 5.74) is 2.92. The molecule has 1 heteroatoms. The molecule has 0 bridgehead atoms. The molecule has 1 rings (SSSR count). The Hall–Kier alpha value is -0.980. The molecule has 1 radical (unpaired) electrons. The summed E-state index contributed by atoms with van der Waals surface area (Å²) < 4.78 is 5.99. The van der Waals surface area contributed by atoms with Crippen molar-refractivity contribution in [2.75, 3.05) is 0 Å². The zero-order valence-electron chi connectivity index (χ0n) is 15.8. The molecule has 0 saturated carbocycles. The zero-order valence-corrected chi connectivity index (χ0v) is 15.8. The maximum atomic E-state index is 5.99. The molecule has 0 heterocycles. The van der Waals surface area contributed by atoms with E-state index in [4.69, 9.17) is 4.74 Å². The van der Waals surface area contributed by atoms with E-state index < -0.39 is 0 Å². The first-order chi connectivity index (χ1) is 10.2. The Morgan fingerprint density at radius 1 is 0.909 bits per heavy atom. The number of ether oxygens (including phenoxy) is 1. The Kier molecular flexibility index (Phi) is 6.97. The molecule has 0 N–H and O–H groups in total. The molecule has 22 heavy (non-hydrogen) atoms. The summed E-state index contributed by atoms with van der Waals surface area (Å²) in [5, 5.41) is 0. The molecule has 0 atom stereocenters. The van der Waals surface area contributed by atoms with Crippen LogP contribution in [0.3, 0.4) is 0 Å². The van der Waals surface area contributed by atoms with Gasteiger partial charge in [0, 0.05) is 0 Å². The average Bonchev–Trinajstić information content (AvgIpc) is 2.40. The predicted octanol–water partition coefficient (Wildman–Crippen LogP) is 6.79. The summed E-state index contributed by atoms with van der Waals surface area (Å²) in [6.07, 6.45) is 6.15. The van der Waals surface area contributed by atoms with Gasteiger partial charge in [0.1, 0.15) is 12.4 Å². The van der Waals surface area contributed by atoms with Crippen LogP contribution >= 0.6 is 0 Å². The highest BCUT2D eigenvalue weighted by Gasteiger charge is 2.23.